The first-order chi connectivity index (χ1) is 18.4. The van der Waals surface area contributed by atoms with E-state index < -0.39 is 33.7 Å². The van der Waals surface area contributed by atoms with Crippen molar-refractivity contribution in [1.82, 2.24) is 10.2 Å². The number of primary amides is 1. The molecule has 0 radical (unpaired) electrons. The zero-order valence-electron chi connectivity index (χ0n) is 21.0. The molecule has 8 nitrogen and oxygen atoms in total. The number of benzene rings is 3. The summed E-state index contributed by atoms with van der Waals surface area (Å²) < 4.78 is 41.5. The highest BCUT2D eigenvalue weighted by Gasteiger charge is 2.41. The number of carbonyl (C=O) groups is 2. The molecule has 12 heteroatoms. The van der Waals surface area contributed by atoms with Crippen LogP contribution in [-0.4, -0.2) is 57.1 Å². The van der Waals surface area contributed by atoms with Crippen molar-refractivity contribution >= 4 is 50.7 Å². The second-order valence-corrected chi connectivity index (χ2v) is 12.1. The molecule has 0 atom stereocenters. The van der Waals surface area contributed by atoms with Crippen LogP contribution in [0.2, 0.25) is 10.0 Å². The van der Waals surface area contributed by atoms with Gasteiger partial charge >= 0.3 is 0 Å². The minimum Gasteiger partial charge on any atom is -0.370 e. The van der Waals surface area contributed by atoms with Crippen LogP contribution in [-0.2, 0) is 14.8 Å². The van der Waals surface area contributed by atoms with E-state index in [4.69, 9.17) is 28.9 Å². The van der Waals surface area contributed by atoms with Crippen molar-refractivity contribution < 1.29 is 22.4 Å². The van der Waals surface area contributed by atoms with Crippen LogP contribution in [0.3, 0.4) is 0 Å². The number of nitrogens with zero attached hydrogens (tertiary/aromatic N) is 2. The molecule has 0 aliphatic carbocycles. The summed E-state index contributed by atoms with van der Waals surface area (Å²) in [5, 5.41) is 3.68. The zero-order chi connectivity index (χ0) is 28.3. The molecular formula is C27H27Cl2FN4O4S. The molecule has 39 heavy (non-hydrogen) atoms. The Labute approximate surface area is 236 Å². The fourth-order valence-corrected chi connectivity index (χ4v) is 6.07. The van der Waals surface area contributed by atoms with Gasteiger partial charge in [0.15, 0.2) is 0 Å². The Bertz CT molecular complexity index is 1420. The molecule has 0 saturated carbocycles. The number of sulfonamides is 1. The van der Waals surface area contributed by atoms with Gasteiger partial charge in [-0.2, -0.15) is 0 Å². The molecule has 3 N–H and O–H groups in total. The molecule has 2 amide bonds. The lowest BCUT2D eigenvalue weighted by atomic mass is 9.93. The van der Waals surface area contributed by atoms with Gasteiger partial charge in [-0.3, -0.25) is 18.8 Å². The fraction of sp³-hybridized carbons (Fsp3) is 0.259. The third-order valence-corrected chi connectivity index (χ3v) is 8.10. The van der Waals surface area contributed by atoms with E-state index in [1.165, 1.54) is 6.07 Å². The maximum absolute atomic E-state index is 14.6. The molecule has 4 rings (SSSR count). The highest BCUT2D eigenvalue weighted by molar-refractivity contribution is 7.92. The lowest BCUT2D eigenvalue weighted by Gasteiger charge is -2.48. The van der Waals surface area contributed by atoms with Gasteiger partial charge in [0.2, 0.25) is 15.9 Å². The van der Waals surface area contributed by atoms with E-state index in [1.807, 2.05) is 24.3 Å². The first-order valence-corrected chi connectivity index (χ1v) is 14.6. The number of rotatable bonds is 10. The number of likely N-dealkylation sites (tertiary alicyclic amines) is 1. The molecular weight excluding hydrogens is 566 g/mol. The Morgan fingerprint density at radius 2 is 1.56 bits per heavy atom. The molecule has 1 saturated heterocycles. The lowest BCUT2D eigenvalue weighted by molar-refractivity contribution is -0.117. The number of nitrogens with two attached hydrogens (primary N) is 1. The topological polar surface area (TPSA) is 113 Å². The third-order valence-electron chi connectivity index (χ3n) is 6.37. The zero-order valence-corrected chi connectivity index (χ0v) is 23.3. The monoisotopic (exact) mass is 592 g/mol. The van der Waals surface area contributed by atoms with Gasteiger partial charge < -0.3 is 11.1 Å². The van der Waals surface area contributed by atoms with Crippen molar-refractivity contribution in [3.05, 3.63) is 99.3 Å². The summed E-state index contributed by atoms with van der Waals surface area (Å²) in [6, 6.07) is 17.5. The number of amides is 2. The average molecular weight is 594 g/mol. The summed E-state index contributed by atoms with van der Waals surface area (Å²) >= 11 is 12.2. The second-order valence-electron chi connectivity index (χ2n) is 9.34. The van der Waals surface area contributed by atoms with Crippen LogP contribution in [0, 0.1) is 5.82 Å². The Morgan fingerprint density at radius 1 is 1.03 bits per heavy atom. The Balaban J connectivity index is 1.60. The summed E-state index contributed by atoms with van der Waals surface area (Å²) in [7, 11) is -3.84. The number of hydrogen-bond acceptors (Lipinski definition) is 5. The van der Waals surface area contributed by atoms with Crippen molar-refractivity contribution in [3.8, 4) is 0 Å². The summed E-state index contributed by atoms with van der Waals surface area (Å²) in [6.07, 6.45) is 0.965. The van der Waals surface area contributed by atoms with E-state index in [0.29, 0.717) is 23.1 Å². The van der Waals surface area contributed by atoms with Gasteiger partial charge in [0.25, 0.3) is 5.91 Å². The van der Waals surface area contributed by atoms with E-state index in [0.717, 1.165) is 33.8 Å². The number of hydrogen-bond donors (Lipinski definition) is 2. The minimum atomic E-state index is -3.84. The van der Waals surface area contributed by atoms with Crippen molar-refractivity contribution in [3.63, 3.8) is 0 Å². The van der Waals surface area contributed by atoms with Crippen LogP contribution >= 0.6 is 23.2 Å². The number of anilines is 1. The molecule has 206 valence electrons. The van der Waals surface area contributed by atoms with E-state index in [2.05, 4.69) is 10.2 Å². The highest BCUT2D eigenvalue weighted by Crippen LogP contribution is 2.37. The van der Waals surface area contributed by atoms with Crippen LogP contribution in [0.5, 0.6) is 0 Å². The molecule has 1 heterocycles. The van der Waals surface area contributed by atoms with E-state index in [1.54, 1.807) is 24.3 Å². The van der Waals surface area contributed by atoms with Gasteiger partial charge in [0.05, 0.1) is 24.0 Å². The Morgan fingerprint density at radius 3 is 2.05 bits per heavy atom. The summed E-state index contributed by atoms with van der Waals surface area (Å²) in [4.78, 5) is 25.6. The predicted molar refractivity (Wildman–Crippen MR) is 150 cm³/mol. The first-order valence-electron chi connectivity index (χ1n) is 12.0. The van der Waals surface area contributed by atoms with Gasteiger partial charge in [-0.15, -0.1) is 0 Å². The van der Waals surface area contributed by atoms with Crippen molar-refractivity contribution in [2.45, 2.75) is 18.5 Å². The maximum Gasteiger partial charge on any atom is 0.251 e. The van der Waals surface area contributed by atoms with Gasteiger partial charge in [-0.25, -0.2) is 12.8 Å². The van der Waals surface area contributed by atoms with E-state index in [-0.39, 0.29) is 30.3 Å². The largest absolute Gasteiger partial charge is 0.370 e. The summed E-state index contributed by atoms with van der Waals surface area (Å²) in [6.45, 7) is 0.670. The molecule has 1 aliphatic rings. The second kappa shape index (κ2) is 11.9. The number of carbonyl (C=O) groups excluding carboxylic acids is 2. The maximum atomic E-state index is 14.6. The number of halogens is 3. The SMILES string of the molecule is CS(=O)(=O)N(c1cc(F)cc(C(=O)NCCC(N)=O)c1)C1CN(C(c2ccc(Cl)cc2)c2ccc(Cl)cc2)C1. The third kappa shape index (κ3) is 7.07. The van der Waals surface area contributed by atoms with Crippen molar-refractivity contribution in [2.24, 2.45) is 5.73 Å². The quantitative estimate of drug-likeness (QED) is 0.370. The van der Waals surface area contributed by atoms with Crippen LogP contribution in [0.1, 0.15) is 33.9 Å². The molecule has 3 aromatic rings. The molecule has 0 spiro atoms. The molecule has 0 bridgehead atoms. The summed E-state index contributed by atoms with van der Waals surface area (Å²) in [5.74, 6) is -2.01. The van der Waals surface area contributed by atoms with Gasteiger partial charge in [-0.05, 0) is 53.6 Å². The number of nitrogens with one attached hydrogen (secondary N) is 1. The van der Waals surface area contributed by atoms with E-state index >= 15 is 0 Å². The Hall–Kier alpha value is -3.18. The average Bonchev–Trinajstić information content (AvgIpc) is 2.83. The van der Waals surface area contributed by atoms with E-state index in [9.17, 15) is 22.4 Å². The molecule has 3 aromatic carbocycles. The van der Waals surface area contributed by atoms with Gasteiger partial charge in [0.1, 0.15) is 5.82 Å². The van der Waals surface area contributed by atoms with Crippen molar-refractivity contribution in [1.29, 1.82) is 0 Å². The summed E-state index contributed by atoms with van der Waals surface area (Å²) in [5.41, 5.74) is 6.99. The van der Waals surface area contributed by atoms with Crippen LogP contribution in [0.25, 0.3) is 0 Å². The normalized spacial score (nSPS) is 14.2. The molecule has 0 aromatic heterocycles. The van der Waals surface area contributed by atoms with Crippen molar-refractivity contribution in [2.75, 3.05) is 30.2 Å². The van der Waals surface area contributed by atoms with Crippen LogP contribution in [0.4, 0.5) is 10.1 Å². The fourth-order valence-electron chi connectivity index (χ4n) is 4.66. The predicted octanol–water partition coefficient (Wildman–Crippen LogP) is 3.98. The lowest BCUT2D eigenvalue weighted by Crippen LogP contribution is -2.61. The highest BCUT2D eigenvalue weighted by atomic mass is 35.5. The van der Waals surface area contributed by atoms with Gasteiger partial charge in [0, 0.05) is 41.7 Å². The molecule has 1 fully saturated rings. The minimum absolute atomic E-state index is 0.0236. The standard InChI is InChI=1S/C27H27Cl2FN4O4S/c1-39(37,38)34(23-13-19(12-22(30)14-23)27(36)32-11-10-25(31)35)24-15-33(16-24)26(17-2-6-20(28)7-3-17)18-4-8-21(29)9-5-18/h2-9,12-14,24,26H,10-11,15-16H2,1H3,(H2,31,35)(H,32,36). The van der Waals surface area contributed by atoms with Crippen LogP contribution in [0.15, 0.2) is 66.7 Å². The van der Waals surface area contributed by atoms with Crippen LogP contribution < -0.4 is 15.4 Å². The Kier molecular flexibility index (Phi) is 8.80. The van der Waals surface area contributed by atoms with Gasteiger partial charge in [-0.1, -0.05) is 47.5 Å². The smallest absolute Gasteiger partial charge is 0.251 e. The molecule has 1 aliphatic heterocycles. The molecule has 0 unspecified atom stereocenters. The first kappa shape index (κ1) is 28.8.